The molecule has 0 saturated carbocycles. The van der Waals surface area contributed by atoms with E-state index in [1.165, 1.54) is 43.2 Å². The highest BCUT2D eigenvalue weighted by Crippen LogP contribution is 2.29. The Labute approximate surface area is 130 Å². The van der Waals surface area contributed by atoms with Gasteiger partial charge in [0.15, 0.2) is 0 Å². The van der Waals surface area contributed by atoms with E-state index in [1.54, 1.807) is 0 Å². The molecule has 0 aliphatic rings. The largest absolute Gasteiger partial charge is 0.507 e. The van der Waals surface area contributed by atoms with Gasteiger partial charge in [0.25, 0.3) is 0 Å². The molecular weight excluding hydrogens is 260 g/mol. The summed E-state index contributed by atoms with van der Waals surface area (Å²) >= 11 is 0. The first kappa shape index (κ1) is 18.0. The molecular formula is C19H32O2. The van der Waals surface area contributed by atoms with Crippen LogP contribution in [0.5, 0.6) is 5.75 Å². The molecule has 0 aliphatic heterocycles. The van der Waals surface area contributed by atoms with Crippen LogP contribution in [-0.2, 0) is 6.42 Å². The molecule has 1 aromatic rings. The summed E-state index contributed by atoms with van der Waals surface area (Å²) in [7, 11) is 0. The Hall–Kier alpha value is -1.02. The van der Waals surface area contributed by atoms with Crippen LogP contribution in [0.1, 0.15) is 73.6 Å². The van der Waals surface area contributed by atoms with Gasteiger partial charge in [-0.1, -0.05) is 44.6 Å². The molecule has 0 amide bonds. The van der Waals surface area contributed by atoms with Gasteiger partial charge in [-0.05, 0) is 62.3 Å². The Balaban J connectivity index is 2.23. The Morgan fingerprint density at radius 1 is 0.762 bits per heavy atom. The molecule has 0 fully saturated rings. The molecule has 0 radical (unpaired) electrons. The van der Waals surface area contributed by atoms with E-state index in [-0.39, 0.29) is 0 Å². The Bertz CT molecular complexity index is 424. The van der Waals surface area contributed by atoms with Gasteiger partial charge in [0.05, 0.1) is 0 Å². The maximum atomic E-state index is 10.3. The SMILES string of the molecule is Cc1cc(C)c(CCCCCCCCCCO)c(O)c1C. The summed E-state index contributed by atoms with van der Waals surface area (Å²) in [4.78, 5) is 0. The first-order valence-corrected chi connectivity index (χ1v) is 8.47. The van der Waals surface area contributed by atoms with Crippen molar-refractivity contribution in [3.8, 4) is 5.75 Å². The van der Waals surface area contributed by atoms with Crippen molar-refractivity contribution in [2.24, 2.45) is 0 Å². The molecule has 2 heteroatoms. The van der Waals surface area contributed by atoms with Crippen LogP contribution >= 0.6 is 0 Å². The minimum atomic E-state index is 0.332. The standard InChI is InChI=1S/C19H32O2/c1-15-14-16(2)18(19(21)17(15)3)12-10-8-6-4-5-7-9-11-13-20/h14,20-21H,4-13H2,1-3H3. The molecule has 0 saturated heterocycles. The highest BCUT2D eigenvalue weighted by Gasteiger charge is 2.10. The lowest BCUT2D eigenvalue weighted by molar-refractivity contribution is 0.282. The van der Waals surface area contributed by atoms with Gasteiger partial charge in [-0.2, -0.15) is 0 Å². The number of hydrogen-bond donors (Lipinski definition) is 2. The van der Waals surface area contributed by atoms with Crippen LogP contribution in [0.4, 0.5) is 0 Å². The summed E-state index contributed by atoms with van der Waals surface area (Å²) < 4.78 is 0. The molecule has 0 heterocycles. The van der Waals surface area contributed by atoms with E-state index in [9.17, 15) is 5.11 Å². The van der Waals surface area contributed by atoms with Gasteiger partial charge < -0.3 is 10.2 Å². The topological polar surface area (TPSA) is 40.5 Å². The van der Waals surface area contributed by atoms with Crippen LogP contribution in [0, 0.1) is 20.8 Å². The number of aromatic hydroxyl groups is 1. The van der Waals surface area contributed by atoms with Crippen molar-refractivity contribution in [1.29, 1.82) is 0 Å². The molecule has 120 valence electrons. The number of aliphatic hydroxyl groups is 1. The smallest absolute Gasteiger partial charge is 0.122 e. The van der Waals surface area contributed by atoms with E-state index in [1.807, 2.05) is 6.92 Å². The van der Waals surface area contributed by atoms with E-state index in [4.69, 9.17) is 5.11 Å². The van der Waals surface area contributed by atoms with Crippen LogP contribution in [-0.4, -0.2) is 16.8 Å². The molecule has 0 aromatic heterocycles. The predicted molar refractivity (Wildman–Crippen MR) is 90.0 cm³/mol. The second-order valence-corrected chi connectivity index (χ2v) is 6.26. The van der Waals surface area contributed by atoms with E-state index < -0.39 is 0 Å². The zero-order valence-electron chi connectivity index (χ0n) is 14.0. The number of benzene rings is 1. The minimum absolute atomic E-state index is 0.332. The maximum Gasteiger partial charge on any atom is 0.122 e. The Morgan fingerprint density at radius 3 is 1.86 bits per heavy atom. The van der Waals surface area contributed by atoms with Crippen molar-refractivity contribution in [3.05, 3.63) is 28.3 Å². The number of phenolic OH excluding ortho intramolecular Hbond substituents is 1. The fourth-order valence-electron chi connectivity index (χ4n) is 2.91. The van der Waals surface area contributed by atoms with Crippen molar-refractivity contribution in [1.82, 2.24) is 0 Å². The normalized spacial score (nSPS) is 11.0. The first-order valence-electron chi connectivity index (χ1n) is 8.47. The van der Waals surface area contributed by atoms with Gasteiger partial charge in [-0.15, -0.1) is 0 Å². The van der Waals surface area contributed by atoms with Crippen LogP contribution in [0.25, 0.3) is 0 Å². The summed E-state index contributed by atoms with van der Waals surface area (Å²) in [6.07, 6.45) is 10.6. The maximum absolute atomic E-state index is 10.3. The zero-order valence-corrected chi connectivity index (χ0v) is 14.0. The number of unbranched alkanes of at least 4 members (excludes halogenated alkanes) is 7. The van der Waals surface area contributed by atoms with Crippen molar-refractivity contribution in [2.75, 3.05) is 6.61 Å². The number of aryl methyl sites for hydroxylation is 2. The third-order valence-electron chi connectivity index (χ3n) is 4.48. The lowest BCUT2D eigenvalue weighted by atomic mass is 9.95. The van der Waals surface area contributed by atoms with Gasteiger partial charge in [0.2, 0.25) is 0 Å². The zero-order chi connectivity index (χ0) is 15.7. The molecule has 0 atom stereocenters. The summed E-state index contributed by atoms with van der Waals surface area (Å²) in [6.45, 7) is 6.49. The Kier molecular flexibility index (Phi) is 8.44. The van der Waals surface area contributed by atoms with Crippen LogP contribution < -0.4 is 0 Å². The number of phenols is 1. The summed E-state index contributed by atoms with van der Waals surface area (Å²) in [6, 6.07) is 2.19. The molecule has 0 unspecified atom stereocenters. The van der Waals surface area contributed by atoms with E-state index in [0.29, 0.717) is 12.4 Å². The fourth-order valence-corrected chi connectivity index (χ4v) is 2.91. The van der Waals surface area contributed by atoms with Gasteiger partial charge in [0, 0.05) is 6.61 Å². The van der Waals surface area contributed by atoms with E-state index in [0.717, 1.165) is 36.8 Å². The van der Waals surface area contributed by atoms with E-state index >= 15 is 0 Å². The van der Waals surface area contributed by atoms with Crippen molar-refractivity contribution >= 4 is 0 Å². The second-order valence-electron chi connectivity index (χ2n) is 6.26. The second kappa shape index (κ2) is 9.83. The number of hydrogen-bond acceptors (Lipinski definition) is 2. The lowest BCUT2D eigenvalue weighted by Gasteiger charge is -2.13. The fraction of sp³-hybridized carbons (Fsp3) is 0.684. The van der Waals surface area contributed by atoms with Crippen molar-refractivity contribution in [2.45, 2.75) is 78.6 Å². The number of aliphatic hydroxyl groups excluding tert-OH is 1. The molecule has 1 aromatic carbocycles. The van der Waals surface area contributed by atoms with Crippen molar-refractivity contribution < 1.29 is 10.2 Å². The van der Waals surface area contributed by atoms with Crippen LogP contribution in [0.3, 0.4) is 0 Å². The van der Waals surface area contributed by atoms with Crippen LogP contribution in [0.15, 0.2) is 6.07 Å². The third kappa shape index (κ3) is 6.09. The average Bonchev–Trinajstić information content (AvgIpc) is 2.46. The van der Waals surface area contributed by atoms with Gasteiger partial charge >= 0.3 is 0 Å². The third-order valence-corrected chi connectivity index (χ3v) is 4.48. The summed E-state index contributed by atoms with van der Waals surface area (Å²) in [5.74, 6) is 0.511. The molecule has 0 aliphatic carbocycles. The quantitative estimate of drug-likeness (QED) is 0.597. The molecule has 2 nitrogen and oxygen atoms in total. The lowest BCUT2D eigenvalue weighted by Crippen LogP contribution is -1.95. The van der Waals surface area contributed by atoms with Crippen molar-refractivity contribution in [3.63, 3.8) is 0 Å². The highest BCUT2D eigenvalue weighted by molar-refractivity contribution is 5.48. The summed E-state index contributed by atoms with van der Waals surface area (Å²) in [5, 5.41) is 19.0. The number of rotatable bonds is 10. The van der Waals surface area contributed by atoms with Gasteiger partial charge in [-0.3, -0.25) is 0 Å². The highest BCUT2D eigenvalue weighted by atomic mass is 16.3. The Morgan fingerprint density at radius 2 is 1.29 bits per heavy atom. The predicted octanol–water partition coefficient (Wildman–Crippen LogP) is 4.97. The molecule has 2 N–H and O–H groups in total. The molecule has 0 spiro atoms. The monoisotopic (exact) mass is 292 g/mol. The molecule has 21 heavy (non-hydrogen) atoms. The average molecular weight is 292 g/mol. The molecule has 0 bridgehead atoms. The van der Waals surface area contributed by atoms with Gasteiger partial charge in [0.1, 0.15) is 5.75 Å². The minimum Gasteiger partial charge on any atom is -0.507 e. The van der Waals surface area contributed by atoms with E-state index in [2.05, 4.69) is 19.9 Å². The van der Waals surface area contributed by atoms with Crippen LogP contribution in [0.2, 0.25) is 0 Å². The summed E-state index contributed by atoms with van der Waals surface area (Å²) in [5.41, 5.74) is 4.57. The van der Waals surface area contributed by atoms with Gasteiger partial charge in [-0.25, -0.2) is 0 Å². The molecule has 1 rings (SSSR count). The first-order chi connectivity index (χ1) is 10.1.